The van der Waals surface area contributed by atoms with Crippen LogP contribution in [0.4, 0.5) is 0 Å². The molecule has 4 nitrogen and oxygen atoms in total. The summed E-state index contributed by atoms with van der Waals surface area (Å²) in [6.07, 6.45) is 2.34. The monoisotopic (exact) mass is 299 g/mol. The van der Waals surface area contributed by atoms with E-state index in [0.717, 1.165) is 50.1 Å². The van der Waals surface area contributed by atoms with Crippen molar-refractivity contribution in [3.05, 3.63) is 0 Å². The molecule has 0 bridgehead atoms. The first-order chi connectivity index (χ1) is 9.74. The molecule has 5 heteroatoms. The maximum atomic E-state index is 12.4. The first-order valence-electron chi connectivity index (χ1n) is 8.06. The van der Waals surface area contributed by atoms with Crippen molar-refractivity contribution in [2.45, 2.75) is 32.7 Å². The van der Waals surface area contributed by atoms with Gasteiger partial charge in [0.05, 0.1) is 6.04 Å². The van der Waals surface area contributed by atoms with Gasteiger partial charge < -0.3 is 15.1 Å². The topological polar surface area (TPSA) is 35.6 Å². The average molecular weight is 299 g/mol. The molecular weight excluding hydrogens is 270 g/mol. The summed E-state index contributed by atoms with van der Waals surface area (Å²) in [5.41, 5.74) is 0. The lowest BCUT2D eigenvalue weighted by atomic mass is 9.95. The standard InChI is InChI=1S/C15H29N3OS/c1-3-17(4-2)11-13-5-8-18(9-6-13)15(19)14-12-20-10-7-16-14/h13-14,16H,3-12H2,1-2H3. The van der Waals surface area contributed by atoms with Crippen LogP contribution < -0.4 is 5.32 Å². The molecule has 0 spiro atoms. The molecule has 0 radical (unpaired) electrons. The lowest BCUT2D eigenvalue weighted by molar-refractivity contribution is -0.134. The molecule has 0 aromatic heterocycles. The number of likely N-dealkylation sites (tertiary alicyclic amines) is 1. The minimum atomic E-state index is 0.0630. The predicted octanol–water partition coefficient (Wildman–Crippen LogP) is 1.27. The largest absolute Gasteiger partial charge is 0.341 e. The van der Waals surface area contributed by atoms with Gasteiger partial charge in [-0.2, -0.15) is 11.8 Å². The van der Waals surface area contributed by atoms with Crippen molar-refractivity contribution >= 4 is 17.7 Å². The number of amides is 1. The van der Waals surface area contributed by atoms with E-state index in [9.17, 15) is 4.79 Å². The van der Waals surface area contributed by atoms with Gasteiger partial charge in [-0.25, -0.2) is 0 Å². The van der Waals surface area contributed by atoms with Crippen LogP contribution in [0.3, 0.4) is 0 Å². The summed E-state index contributed by atoms with van der Waals surface area (Å²) in [6, 6.07) is 0.0630. The van der Waals surface area contributed by atoms with E-state index in [4.69, 9.17) is 0 Å². The van der Waals surface area contributed by atoms with E-state index in [2.05, 4.69) is 29.0 Å². The highest BCUT2D eigenvalue weighted by molar-refractivity contribution is 7.99. The highest BCUT2D eigenvalue weighted by atomic mass is 32.2. The van der Waals surface area contributed by atoms with Crippen molar-refractivity contribution < 1.29 is 4.79 Å². The Labute approximate surface area is 127 Å². The van der Waals surface area contributed by atoms with Gasteiger partial charge in [0.15, 0.2) is 0 Å². The van der Waals surface area contributed by atoms with Gasteiger partial charge >= 0.3 is 0 Å². The molecule has 2 saturated heterocycles. The van der Waals surface area contributed by atoms with Gasteiger partial charge in [-0.05, 0) is 31.8 Å². The second-order valence-corrected chi connectivity index (χ2v) is 6.99. The Bertz CT molecular complexity index is 295. The molecule has 0 aromatic rings. The molecule has 1 unspecified atom stereocenters. The minimum absolute atomic E-state index is 0.0630. The predicted molar refractivity (Wildman–Crippen MR) is 86.2 cm³/mol. The lowest BCUT2D eigenvalue weighted by Crippen LogP contribution is -2.52. The molecular formula is C15H29N3OS. The van der Waals surface area contributed by atoms with E-state index in [1.165, 1.54) is 19.4 Å². The Hall–Kier alpha value is -0.260. The maximum absolute atomic E-state index is 12.4. The van der Waals surface area contributed by atoms with Gasteiger partial charge in [-0.3, -0.25) is 4.79 Å². The van der Waals surface area contributed by atoms with Crippen molar-refractivity contribution in [3.8, 4) is 0 Å². The Kier molecular flexibility index (Phi) is 6.65. The summed E-state index contributed by atoms with van der Waals surface area (Å²) < 4.78 is 0. The highest BCUT2D eigenvalue weighted by Gasteiger charge is 2.29. The number of piperidine rings is 1. The zero-order valence-corrected chi connectivity index (χ0v) is 13.8. The summed E-state index contributed by atoms with van der Waals surface area (Å²) in [6.45, 7) is 10.8. The van der Waals surface area contributed by atoms with Gasteiger partial charge in [0, 0.05) is 37.7 Å². The molecule has 2 aliphatic heterocycles. The fraction of sp³-hybridized carbons (Fsp3) is 0.933. The fourth-order valence-electron chi connectivity index (χ4n) is 3.13. The summed E-state index contributed by atoms with van der Waals surface area (Å²) in [7, 11) is 0. The van der Waals surface area contributed by atoms with Crippen LogP contribution in [0.15, 0.2) is 0 Å². The first kappa shape index (κ1) is 16.1. The molecule has 116 valence electrons. The molecule has 2 fully saturated rings. The third kappa shape index (κ3) is 4.37. The minimum Gasteiger partial charge on any atom is -0.341 e. The Balaban J connectivity index is 1.74. The summed E-state index contributed by atoms with van der Waals surface area (Å²) in [5, 5.41) is 3.36. The van der Waals surface area contributed by atoms with Crippen LogP contribution in [0.5, 0.6) is 0 Å². The fourth-order valence-corrected chi connectivity index (χ4v) is 4.05. The van der Waals surface area contributed by atoms with Gasteiger partial charge in [0.25, 0.3) is 0 Å². The van der Waals surface area contributed by atoms with E-state index >= 15 is 0 Å². The first-order valence-corrected chi connectivity index (χ1v) is 9.22. The number of hydrogen-bond acceptors (Lipinski definition) is 4. The smallest absolute Gasteiger partial charge is 0.240 e. The average Bonchev–Trinajstić information content (AvgIpc) is 2.53. The second kappa shape index (κ2) is 8.25. The number of hydrogen-bond donors (Lipinski definition) is 1. The van der Waals surface area contributed by atoms with Crippen molar-refractivity contribution in [2.24, 2.45) is 5.92 Å². The van der Waals surface area contributed by atoms with Crippen LogP contribution in [-0.2, 0) is 4.79 Å². The quantitative estimate of drug-likeness (QED) is 0.829. The third-order valence-electron chi connectivity index (χ3n) is 4.56. The summed E-state index contributed by atoms with van der Waals surface area (Å²) >= 11 is 1.89. The highest BCUT2D eigenvalue weighted by Crippen LogP contribution is 2.20. The normalized spacial score (nSPS) is 25.1. The SMILES string of the molecule is CCN(CC)CC1CCN(C(=O)C2CSCCN2)CC1. The van der Waals surface area contributed by atoms with E-state index in [-0.39, 0.29) is 6.04 Å². The molecule has 20 heavy (non-hydrogen) atoms. The molecule has 1 N–H and O–H groups in total. The molecule has 1 amide bonds. The molecule has 2 heterocycles. The zero-order chi connectivity index (χ0) is 14.4. The van der Waals surface area contributed by atoms with Gasteiger partial charge in [0.2, 0.25) is 5.91 Å². The zero-order valence-electron chi connectivity index (χ0n) is 12.9. The Morgan fingerprint density at radius 3 is 2.55 bits per heavy atom. The Morgan fingerprint density at radius 1 is 1.30 bits per heavy atom. The number of nitrogens with zero attached hydrogens (tertiary/aromatic N) is 2. The molecule has 0 aliphatic carbocycles. The second-order valence-electron chi connectivity index (χ2n) is 5.84. The van der Waals surface area contributed by atoms with E-state index in [1.807, 2.05) is 11.8 Å². The number of carbonyl (C=O) groups excluding carboxylic acids is 1. The summed E-state index contributed by atoms with van der Waals surface area (Å²) in [5.74, 6) is 3.18. The van der Waals surface area contributed by atoms with Crippen molar-refractivity contribution in [3.63, 3.8) is 0 Å². The van der Waals surface area contributed by atoms with Crippen molar-refractivity contribution in [1.29, 1.82) is 0 Å². The van der Waals surface area contributed by atoms with Crippen LogP contribution in [0.1, 0.15) is 26.7 Å². The van der Waals surface area contributed by atoms with Crippen LogP contribution in [0.25, 0.3) is 0 Å². The summed E-state index contributed by atoms with van der Waals surface area (Å²) in [4.78, 5) is 17.0. The van der Waals surface area contributed by atoms with Gasteiger partial charge in [-0.15, -0.1) is 0 Å². The van der Waals surface area contributed by atoms with Crippen molar-refractivity contribution in [2.75, 3.05) is 50.8 Å². The number of carbonyl (C=O) groups is 1. The van der Waals surface area contributed by atoms with Crippen LogP contribution in [-0.4, -0.2) is 72.5 Å². The molecule has 2 rings (SSSR count). The van der Waals surface area contributed by atoms with Gasteiger partial charge in [0.1, 0.15) is 0 Å². The van der Waals surface area contributed by atoms with Crippen LogP contribution in [0, 0.1) is 5.92 Å². The third-order valence-corrected chi connectivity index (χ3v) is 5.62. The van der Waals surface area contributed by atoms with Crippen molar-refractivity contribution in [1.82, 2.24) is 15.1 Å². The molecule has 0 saturated carbocycles. The Morgan fingerprint density at radius 2 is 2.00 bits per heavy atom. The number of rotatable bonds is 5. The molecule has 1 atom stereocenters. The lowest BCUT2D eigenvalue weighted by Gasteiger charge is -2.36. The molecule has 0 aromatic carbocycles. The van der Waals surface area contributed by atoms with E-state index < -0.39 is 0 Å². The van der Waals surface area contributed by atoms with E-state index in [0.29, 0.717) is 5.91 Å². The maximum Gasteiger partial charge on any atom is 0.240 e. The number of nitrogens with one attached hydrogen (secondary N) is 1. The van der Waals surface area contributed by atoms with Crippen LogP contribution in [0.2, 0.25) is 0 Å². The van der Waals surface area contributed by atoms with Crippen LogP contribution >= 0.6 is 11.8 Å². The molecule has 2 aliphatic rings. The van der Waals surface area contributed by atoms with E-state index in [1.54, 1.807) is 0 Å². The van der Waals surface area contributed by atoms with Gasteiger partial charge in [-0.1, -0.05) is 13.8 Å². The number of thioether (sulfide) groups is 1.